The van der Waals surface area contributed by atoms with Crippen molar-refractivity contribution in [2.75, 3.05) is 13.1 Å². The Balaban J connectivity index is 2.06. The van der Waals surface area contributed by atoms with Gasteiger partial charge in [0, 0.05) is 32.4 Å². The molecular weight excluding hydrogens is 204 g/mol. The number of rotatable bonds is 1. The molecule has 0 bridgehead atoms. The van der Waals surface area contributed by atoms with E-state index in [-0.39, 0.29) is 11.9 Å². The molecule has 1 amide bonds. The number of carbonyl (C=O) groups is 1. The van der Waals surface area contributed by atoms with Crippen LogP contribution in [0.4, 0.5) is 0 Å². The van der Waals surface area contributed by atoms with E-state index in [0.717, 1.165) is 19.5 Å². The molecule has 1 saturated heterocycles. The van der Waals surface area contributed by atoms with Crippen molar-refractivity contribution in [1.29, 1.82) is 0 Å². The first-order valence-corrected chi connectivity index (χ1v) is 5.60. The Hall–Kier alpha value is -1.36. The van der Waals surface area contributed by atoms with Crippen LogP contribution in [-0.4, -0.2) is 39.5 Å². The molecule has 0 radical (unpaired) electrons. The molecule has 0 aliphatic carbocycles. The number of hydrogen-bond donors (Lipinski definition) is 1. The van der Waals surface area contributed by atoms with E-state index in [9.17, 15) is 4.79 Å². The molecule has 1 aliphatic heterocycles. The number of imidazole rings is 1. The summed E-state index contributed by atoms with van der Waals surface area (Å²) in [5, 5.41) is 0. The third kappa shape index (κ3) is 2.09. The van der Waals surface area contributed by atoms with Gasteiger partial charge in [0.2, 0.25) is 0 Å². The summed E-state index contributed by atoms with van der Waals surface area (Å²) >= 11 is 0. The molecule has 0 spiro atoms. The zero-order valence-corrected chi connectivity index (χ0v) is 9.76. The Kier molecular flexibility index (Phi) is 2.96. The van der Waals surface area contributed by atoms with Gasteiger partial charge < -0.3 is 15.2 Å². The van der Waals surface area contributed by atoms with Crippen molar-refractivity contribution in [2.24, 2.45) is 18.7 Å². The molecule has 0 aromatic carbocycles. The molecule has 2 rings (SSSR count). The van der Waals surface area contributed by atoms with Gasteiger partial charge in [-0.05, 0) is 12.3 Å². The number of nitrogens with two attached hydrogens (primary N) is 1. The SMILES string of the molecule is CC1CN(C(=O)c2cn(C)cn2)CCC1N. The van der Waals surface area contributed by atoms with Gasteiger partial charge in [-0.3, -0.25) is 4.79 Å². The van der Waals surface area contributed by atoms with Crippen LogP contribution >= 0.6 is 0 Å². The van der Waals surface area contributed by atoms with E-state index >= 15 is 0 Å². The van der Waals surface area contributed by atoms with Crippen LogP contribution in [0.3, 0.4) is 0 Å². The molecule has 5 heteroatoms. The lowest BCUT2D eigenvalue weighted by molar-refractivity contribution is 0.0658. The molecule has 88 valence electrons. The van der Waals surface area contributed by atoms with Crippen molar-refractivity contribution in [3.63, 3.8) is 0 Å². The first kappa shape index (κ1) is 11.1. The minimum Gasteiger partial charge on any atom is -0.340 e. The normalized spacial score (nSPS) is 25.8. The number of aryl methyl sites for hydroxylation is 1. The van der Waals surface area contributed by atoms with Crippen LogP contribution in [0.2, 0.25) is 0 Å². The number of piperidine rings is 1. The Labute approximate surface area is 95.2 Å². The van der Waals surface area contributed by atoms with E-state index in [1.165, 1.54) is 0 Å². The third-order valence-corrected chi connectivity index (χ3v) is 3.18. The zero-order valence-electron chi connectivity index (χ0n) is 9.76. The standard InChI is InChI=1S/C11H18N4O/c1-8-5-15(4-3-9(8)12)11(16)10-6-14(2)7-13-10/h6-9H,3-5,12H2,1-2H3. The molecule has 16 heavy (non-hydrogen) atoms. The Morgan fingerprint density at radius 2 is 2.38 bits per heavy atom. The summed E-state index contributed by atoms with van der Waals surface area (Å²) in [6.45, 7) is 3.56. The number of aromatic nitrogens is 2. The van der Waals surface area contributed by atoms with Crippen LogP contribution in [0.1, 0.15) is 23.8 Å². The molecule has 1 aromatic rings. The summed E-state index contributed by atoms with van der Waals surface area (Å²) in [6.07, 6.45) is 4.27. The van der Waals surface area contributed by atoms with Crippen molar-refractivity contribution < 1.29 is 4.79 Å². The lowest BCUT2D eigenvalue weighted by Gasteiger charge is -2.34. The highest BCUT2D eigenvalue weighted by atomic mass is 16.2. The summed E-state index contributed by atoms with van der Waals surface area (Å²) in [4.78, 5) is 18.0. The fourth-order valence-electron chi connectivity index (χ4n) is 2.03. The lowest BCUT2D eigenvalue weighted by Crippen LogP contribution is -2.48. The molecule has 1 aliphatic rings. The van der Waals surface area contributed by atoms with Gasteiger partial charge in [0.1, 0.15) is 5.69 Å². The quantitative estimate of drug-likeness (QED) is 0.739. The Morgan fingerprint density at radius 3 is 2.94 bits per heavy atom. The lowest BCUT2D eigenvalue weighted by atomic mass is 9.95. The zero-order chi connectivity index (χ0) is 11.7. The number of amides is 1. The summed E-state index contributed by atoms with van der Waals surface area (Å²) < 4.78 is 1.78. The van der Waals surface area contributed by atoms with E-state index < -0.39 is 0 Å². The molecule has 2 N–H and O–H groups in total. The number of likely N-dealkylation sites (tertiary alicyclic amines) is 1. The number of carbonyl (C=O) groups excluding carboxylic acids is 1. The molecule has 1 fully saturated rings. The van der Waals surface area contributed by atoms with Gasteiger partial charge in [-0.15, -0.1) is 0 Å². The van der Waals surface area contributed by atoms with E-state index in [1.54, 1.807) is 17.1 Å². The van der Waals surface area contributed by atoms with E-state index in [2.05, 4.69) is 11.9 Å². The minimum atomic E-state index is 0.0133. The second kappa shape index (κ2) is 4.25. The van der Waals surface area contributed by atoms with Gasteiger partial charge in [0.25, 0.3) is 5.91 Å². The number of nitrogens with zero attached hydrogens (tertiary/aromatic N) is 3. The van der Waals surface area contributed by atoms with Crippen molar-refractivity contribution in [3.05, 3.63) is 18.2 Å². The molecule has 5 nitrogen and oxygen atoms in total. The highest BCUT2D eigenvalue weighted by molar-refractivity contribution is 5.92. The van der Waals surface area contributed by atoms with Crippen LogP contribution in [0, 0.1) is 5.92 Å². The van der Waals surface area contributed by atoms with Gasteiger partial charge >= 0.3 is 0 Å². The predicted octanol–water partition coefficient (Wildman–Crippen LogP) is 0.229. The summed E-state index contributed by atoms with van der Waals surface area (Å²) in [5.41, 5.74) is 6.44. The molecular formula is C11H18N4O. The maximum Gasteiger partial charge on any atom is 0.274 e. The highest BCUT2D eigenvalue weighted by Gasteiger charge is 2.27. The topological polar surface area (TPSA) is 64.2 Å². The second-order valence-corrected chi connectivity index (χ2v) is 4.61. The Bertz CT molecular complexity index is 387. The van der Waals surface area contributed by atoms with E-state index in [1.807, 2.05) is 11.9 Å². The Morgan fingerprint density at radius 1 is 1.62 bits per heavy atom. The van der Waals surface area contributed by atoms with Crippen LogP contribution in [-0.2, 0) is 7.05 Å². The fourth-order valence-corrected chi connectivity index (χ4v) is 2.03. The summed E-state index contributed by atoms with van der Waals surface area (Å²) in [6, 6.07) is 0.216. The predicted molar refractivity (Wildman–Crippen MR) is 60.9 cm³/mol. The van der Waals surface area contributed by atoms with Crippen LogP contribution in [0.5, 0.6) is 0 Å². The minimum absolute atomic E-state index is 0.0133. The number of hydrogen-bond acceptors (Lipinski definition) is 3. The summed E-state index contributed by atoms with van der Waals surface area (Å²) in [7, 11) is 1.86. The van der Waals surface area contributed by atoms with Crippen molar-refractivity contribution in [2.45, 2.75) is 19.4 Å². The monoisotopic (exact) mass is 222 g/mol. The smallest absolute Gasteiger partial charge is 0.274 e. The van der Waals surface area contributed by atoms with Crippen LogP contribution < -0.4 is 5.73 Å². The van der Waals surface area contributed by atoms with Gasteiger partial charge in [-0.25, -0.2) is 4.98 Å². The first-order valence-electron chi connectivity index (χ1n) is 5.60. The molecule has 2 atom stereocenters. The molecule has 2 unspecified atom stereocenters. The van der Waals surface area contributed by atoms with E-state index in [0.29, 0.717) is 11.6 Å². The molecule has 2 heterocycles. The van der Waals surface area contributed by atoms with Gasteiger partial charge in [0.15, 0.2) is 0 Å². The molecule has 1 aromatic heterocycles. The van der Waals surface area contributed by atoms with Gasteiger partial charge in [0.05, 0.1) is 6.33 Å². The van der Waals surface area contributed by atoms with E-state index in [4.69, 9.17) is 5.73 Å². The van der Waals surface area contributed by atoms with Crippen molar-refractivity contribution >= 4 is 5.91 Å². The maximum atomic E-state index is 12.1. The summed E-state index contributed by atoms with van der Waals surface area (Å²) in [5.74, 6) is 0.376. The third-order valence-electron chi connectivity index (χ3n) is 3.18. The second-order valence-electron chi connectivity index (χ2n) is 4.61. The van der Waals surface area contributed by atoms with Crippen molar-refractivity contribution in [3.8, 4) is 0 Å². The largest absolute Gasteiger partial charge is 0.340 e. The highest BCUT2D eigenvalue weighted by Crippen LogP contribution is 2.16. The van der Waals surface area contributed by atoms with Crippen LogP contribution in [0.25, 0.3) is 0 Å². The molecule has 0 saturated carbocycles. The fraction of sp³-hybridized carbons (Fsp3) is 0.636. The maximum absolute atomic E-state index is 12.1. The average Bonchev–Trinajstić information content (AvgIpc) is 2.68. The average molecular weight is 222 g/mol. The van der Waals surface area contributed by atoms with Gasteiger partial charge in [-0.1, -0.05) is 6.92 Å². The van der Waals surface area contributed by atoms with Crippen LogP contribution in [0.15, 0.2) is 12.5 Å². The van der Waals surface area contributed by atoms with Gasteiger partial charge in [-0.2, -0.15) is 0 Å². The first-order chi connectivity index (χ1) is 7.58. The van der Waals surface area contributed by atoms with Crippen molar-refractivity contribution in [1.82, 2.24) is 14.5 Å².